The molecule has 0 saturated carbocycles. The first-order valence-corrected chi connectivity index (χ1v) is 21.5. The lowest BCUT2D eigenvalue weighted by atomic mass is 9.78. The Morgan fingerprint density at radius 1 is 0.848 bits per heavy atom. The number of ether oxygens (including phenoxy) is 4. The fourth-order valence-electron chi connectivity index (χ4n) is 8.63. The number of methoxy groups -OCH3 is 1. The number of carbonyl (C=O) groups is 2. The SMILES string of the molecule is C=N[C@]1(c2c(OC(=O)OC)cc(ON3CC[C@H](c4c(OC(=O)OCC)cc(O)c5c(=O)cc(-c6ccccc6Cl)oc45)[C@H](O)C3)c3c(=O)cc(-c4ccccc4Cl)oc23)CCN(C)C[C@H]1O. The number of benzene rings is 4. The van der Waals surface area contributed by atoms with Crippen LogP contribution in [-0.4, -0.2) is 103 Å². The first kappa shape index (κ1) is 46.1. The number of nitrogens with zero attached hydrogens (tertiary/aromatic N) is 3. The second-order valence-corrected chi connectivity index (χ2v) is 16.6. The van der Waals surface area contributed by atoms with Gasteiger partial charge in [-0.2, -0.15) is 0 Å². The molecule has 0 bridgehead atoms. The molecule has 3 N–H and O–H groups in total. The lowest BCUT2D eigenvalue weighted by Crippen LogP contribution is -2.51. The van der Waals surface area contributed by atoms with Gasteiger partial charge in [-0.15, -0.1) is 5.06 Å². The zero-order chi connectivity index (χ0) is 47.0. The number of aliphatic imine (C=N–C) groups is 1. The van der Waals surface area contributed by atoms with E-state index in [1.54, 1.807) is 55.5 Å². The molecule has 4 heterocycles. The Kier molecular flexibility index (Phi) is 13.1. The average molecular weight is 945 g/mol. The molecule has 8 rings (SSSR count). The van der Waals surface area contributed by atoms with Gasteiger partial charge in [-0.3, -0.25) is 14.6 Å². The Labute approximate surface area is 385 Å². The van der Waals surface area contributed by atoms with Gasteiger partial charge in [0.15, 0.2) is 22.2 Å². The number of hydroxylamine groups is 2. The van der Waals surface area contributed by atoms with E-state index in [4.69, 9.17) is 55.8 Å². The Bertz CT molecular complexity index is 3010. The van der Waals surface area contributed by atoms with Crippen molar-refractivity contribution in [3.05, 3.63) is 114 Å². The van der Waals surface area contributed by atoms with Crippen LogP contribution < -0.4 is 25.2 Å². The largest absolute Gasteiger partial charge is 0.513 e. The molecule has 17 nitrogen and oxygen atoms in total. The minimum atomic E-state index is -1.58. The Balaban J connectivity index is 1.25. The molecule has 4 atom stereocenters. The summed E-state index contributed by atoms with van der Waals surface area (Å²) in [7, 11) is 2.92. The summed E-state index contributed by atoms with van der Waals surface area (Å²) in [5.41, 5.74) is -2.32. The highest BCUT2D eigenvalue weighted by atomic mass is 35.5. The number of hydrogen-bond donors (Lipinski definition) is 3. The van der Waals surface area contributed by atoms with E-state index in [1.807, 2.05) is 11.9 Å². The number of phenols is 1. The van der Waals surface area contributed by atoms with Gasteiger partial charge in [-0.25, -0.2) is 9.59 Å². The highest BCUT2D eigenvalue weighted by Gasteiger charge is 2.48. The van der Waals surface area contributed by atoms with Gasteiger partial charge in [0.2, 0.25) is 0 Å². The molecule has 2 aromatic heterocycles. The lowest BCUT2D eigenvalue weighted by Gasteiger charge is -2.42. The molecule has 4 aromatic carbocycles. The fourth-order valence-corrected chi connectivity index (χ4v) is 9.08. The summed E-state index contributed by atoms with van der Waals surface area (Å²) >= 11 is 13.1. The van der Waals surface area contributed by atoms with Crippen molar-refractivity contribution in [1.82, 2.24) is 9.96 Å². The van der Waals surface area contributed by atoms with E-state index < -0.39 is 52.6 Å². The molecule has 2 saturated heterocycles. The Hall–Kier alpha value is -6.47. The molecule has 0 aliphatic carbocycles. The second-order valence-electron chi connectivity index (χ2n) is 15.8. The number of likely N-dealkylation sites (N-methyl/N-ethyl adjacent to an activating group) is 1. The number of rotatable bonds is 10. The van der Waals surface area contributed by atoms with Crippen molar-refractivity contribution >= 4 is 64.2 Å². The van der Waals surface area contributed by atoms with Crippen LogP contribution >= 0.6 is 23.2 Å². The second kappa shape index (κ2) is 18.8. The van der Waals surface area contributed by atoms with Crippen molar-refractivity contribution in [2.45, 2.75) is 43.4 Å². The average Bonchev–Trinajstić information content (AvgIpc) is 3.27. The van der Waals surface area contributed by atoms with Gasteiger partial charge >= 0.3 is 12.3 Å². The summed E-state index contributed by atoms with van der Waals surface area (Å²) in [6.45, 7) is 5.65. The molecule has 66 heavy (non-hydrogen) atoms. The Morgan fingerprint density at radius 2 is 1.47 bits per heavy atom. The van der Waals surface area contributed by atoms with Gasteiger partial charge in [0.25, 0.3) is 0 Å². The number of β-amino-alcohol motifs (C(OH)–C–C–N with tert-alkyl or cyclic N) is 2. The first-order valence-electron chi connectivity index (χ1n) is 20.7. The van der Waals surface area contributed by atoms with Gasteiger partial charge in [0.1, 0.15) is 50.7 Å². The number of aliphatic hydroxyl groups excluding tert-OH is 2. The summed E-state index contributed by atoms with van der Waals surface area (Å²) in [5, 5.41) is 36.4. The molecule has 344 valence electrons. The van der Waals surface area contributed by atoms with Crippen LogP contribution in [0.4, 0.5) is 9.59 Å². The van der Waals surface area contributed by atoms with Crippen molar-refractivity contribution in [3.63, 3.8) is 0 Å². The zero-order valence-electron chi connectivity index (χ0n) is 35.7. The highest BCUT2D eigenvalue weighted by Crippen LogP contribution is 2.49. The number of phenolic OH excluding ortho intramolecular Hbond substituents is 1. The number of aromatic hydroxyl groups is 1. The van der Waals surface area contributed by atoms with Crippen LogP contribution in [0.1, 0.15) is 36.8 Å². The number of carbonyl (C=O) groups excluding carboxylic acids is 2. The first-order chi connectivity index (χ1) is 31.7. The zero-order valence-corrected chi connectivity index (χ0v) is 37.3. The van der Waals surface area contributed by atoms with Crippen LogP contribution in [0.5, 0.6) is 23.0 Å². The van der Waals surface area contributed by atoms with E-state index >= 15 is 0 Å². The molecule has 2 aliphatic rings. The minimum absolute atomic E-state index is 0.0139. The van der Waals surface area contributed by atoms with Crippen molar-refractivity contribution in [2.24, 2.45) is 4.99 Å². The van der Waals surface area contributed by atoms with Crippen LogP contribution in [0.15, 0.2) is 96.2 Å². The molecule has 0 unspecified atom stereocenters. The van der Waals surface area contributed by atoms with Crippen LogP contribution in [-0.2, 0) is 15.0 Å². The molecule has 2 fully saturated rings. The van der Waals surface area contributed by atoms with Crippen molar-refractivity contribution in [2.75, 3.05) is 46.9 Å². The van der Waals surface area contributed by atoms with Crippen molar-refractivity contribution < 1.29 is 57.5 Å². The third kappa shape index (κ3) is 8.56. The number of fused-ring (bicyclic) bond motifs is 2. The summed E-state index contributed by atoms with van der Waals surface area (Å²) in [4.78, 5) is 66.6. The maximum atomic E-state index is 14.5. The van der Waals surface area contributed by atoms with Crippen LogP contribution in [0.2, 0.25) is 10.0 Å². The number of hydrogen-bond acceptors (Lipinski definition) is 17. The van der Waals surface area contributed by atoms with Gasteiger partial charge in [-0.05, 0) is 57.8 Å². The smallest absolute Gasteiger partial charge is 0.507 e. The van der Waals surface area contributed by atoms with Gasteiger partial charge < -0.3 is 52.8 Å². The summed E-state index contributed by atoms with van der Waals surface area (Å²) in [6.07, 6.45) is -4.66. The molecule has 0 spiro atoms. The molecular formula is C47H43Cl2N3O14. The molecule has 0 amide bonds. The molecule has 0 radical (unpaired) electrons. The van der Waals surface area contributed by atoms with E-state index in [-0.39, 0.29) is 111 Å². The maximum absolute atomic E-state index is 14.5. The number of likely N-dealkylation sites (tertiary alicyclic amines) is 1. The predicted octanol–water partition coefficient (Wildman–Crippen LogP) is 7.66. The van der Waals surface area contributed by atoms with E-state index in [9.17, 15) is 34.5 Å². The topological polar surface area (TPSA) is 220 Å². The monoisotopic (exact) mass is 943 g/mol. The number of aliphatic hydroxyl groups is 2. The van der Waals surface area contributed by atoms with E-state index in [2.05, 4.69) is 11.7 Å². The molecule has 19 heteroatoms. The Morgan fingerprint density at radius 3 is 2.06 bits per heavy atom. The van der Waals surface area contributed by atoms with Crippen molar-refractivity contribution in [1.29, 1.82) is 0 Å². The van der Waals surface area contributed by atoms with Gasteiger partial charge in [0, 0.05) is 66.5 Å². The molecule has 2 aliphatic heterocycles. The van der Waals surface area contributed by atoms with E-state index in [0.717, 1.165) is 13.2 Å². The summed E-state index contributed by atoms with van der Waals surface area (Å²) in [6, 6.07) is 18.1. The fraction of sp³-hybridized carbons (Fsp3) is 0.298. The summed E-state index contributed by atoms with van der Waals surface area (Å²) in [5.74, 6) is -2.04. The summed E-state index contributed by atoms with van der Waals surface area (Å²) < 4.78 is 34.1. The predicted molar refractivity (Wildman–Crippen MR) is 243 cm³/mol. The maximum Gasteiger partial charge on any atom is 0.513 e. The standard InChI is InChI=1S/C47H43Cl2N3O14/c1-5-61-46(59)64-35-20-30(54)40-29(53)18-33(24-10-6-8-12-27(24)48)62-43(40)39(35)26-14-16-52(22-32(26)56)66-36-21-37(65-45(58)60-4)42(47(50-2)15-17-51(3)23-38(47)57)44-41(36)31(55)19-34(63-44)25-11-7-9-13-28(25)49/h6-13,18-21,26,32,38,54,56-57H,2,5,14-17,22-23H2,1,3-4H3/t26-,32+,38+,47+/m0/s1. The van der Waals surface area contributed by atoms with E-state index in [0.29, 0.717) is 17.7 Å². The van der Waals surface area contributed by atoms with Crippen LogP contribution in [0.3, 0.4) is 0 Å². The third-order valence-corrected chi connectivity index (χ3v) is 12.4. The molecular weight excluding hydrogens is 901 g/mol. The number of halogens is 2. The molecule has 6 aromatic rings. The van der Waals surface area contributed by atoms with Crippen LogP contribution in [0, 0.1) is 0 Å². The van der Waals surface area contributed by atoms with E-state index in [1.165, 1.54) is 23.3 Å². The third-order valence-electron chi connectivity index (χ3n) is 11.8. The normalized spacial score (nSPS) is 20.2. The minimum Gasteiger partial charge on any atom is -0.507 e. The lowest BCUT2D eigenvalue weighted by molar-refractivity contribution is -0.111. The number of piperidine rings is 2. The highest BCUT2D eigenvalue weighted by molar-refractivity contribution is 6.33. The quantitative estimate of drug-likeness (QED) is 0.0682. The van der Waals surface area contributed by atoms with Gasteiger partial charge in [0.05, 0.1) is 48.1 Å². The van der Waals surface area contributed by atoms with Crippen molar-refractivity contribution in [3.8, 4) is 45.6 Å². The van der Waals surface area contributed by atoms with Gasteiger partial charge in [-0.1, -0.05) is 47.5 Å². The van der Waals surface area contributed by atoms with Crippen LogP contribution in [0.25, 0.3) is 44.6 Å².